The minimum Gasteiger partial charge on any atom is -0.313 e. The second-order valence-corrected chi connectivity index (χ2v) is 3.67. The van der Waals surface area contributed by atoms with Gasteiger partial charge in [0.05, 0.1) is 6.20 Å². The molecule has 1 aromatic rings. The van der Waals surface area contributed by atoms with Crippen molar-refractivity contribution in [2.75, 3.05) is 6.54 Å². The third kappa shape index (κ3) is 2.84. The molecule has 1 rings (SSSR count). The third-order valence-electron chi connectivity index (χ3n) is 2.38. The molecule has 3 heteroatoms. The van der Waals surface area contributed by atoms with E-state index in [2.05, 4.69) is 24.3 Å². The van der Waals surface area contributed by atoms with Gasteiger partial charge in [-0.25, -0.2) is 0 Å². The molecule has 0 radical (unpaired) electrons. The summed E-state index contributed by atoms with van der Waals surface area (Å²) in [5.74, 6) is 0. The highest BCUT2D eigenvalue weighted by Crippen LogP contribution is 2.09. The van der Waals surface area contributed by atoms with Crippen LogP contribution in [0, 0.1) is 0 Å². The highest BCUT2D eigenvalue weighted by atomic mass is 15.3. The monoisotopic (exact) mass is 195 g/mol. The van der Waals surface area contributed by atoms with Gasteiger partial charge in [0, 0.05) is 24.8 Å². The molecule has 0 aliphatic heterocycles. The average Bonchev–Trinajstić information content (AvgIpc) is 2.51. The van der Waals surface area contributed by atoms with Gasteiger partial charge in [-0.3, -0.25) is 4.68 Å². The maximum atomic E-state index is 4.29. The van der Waals surface area contributed by atoms with Crippen LogP contribution in [0.5, 0.6) is 0 Å². The van der Waals surface area contributed by atoms with Gasteiger partial charge in [0.1, 0.15) is 0 Å². The summed E-state index contributed by atoms with van der Waals surface area (Å²) < 4.78 is 1.99. The first-order valence-corrected chi connectivity index (χ1v) is 5.50. The second kappa shape index (κ2) is 5.81. The average molecular weight is 195 g/mol. The van der Waals surface area contributed by atoms with Crippen LogP contribution in [0.25, 0.3) is 0 Å². The minimum atomic E-state index is 0.955. The summed E-state index contributed by atoms with van der Waals surface area (Å²) in [5, 5.41) is 7.70. The zero-order valence-corrected chi connectivity index (χ0v) is 9.51. The van der Waals surface area contributed by atoms with Crippen LogP contribution < -0.4 is 5.32 Å². The standard InChI is InChI=1S/C11H21N3/c1-4-6-11-10(8-12-7-5-2)9-13-14(11)3/h9,12H,4-8H2,1-3H3. The lowest BCUT2D eigenvalue weighted by molar-refractivity contribution is 0.656. The van der Waals surface area contributed by atoms with Crippen LogP contribution in [0.15, 0.2) is 6.20 Å². The molecule has 0 spiro atoms. The SMILES string of the molecule is CCCNCc1cnn(C)c1CCC. The Bertz CT molecular complexity index is 265. The van der Waals surface area contributed by atoms with Crippen LogP contribution in [0.1, 0.15) is 37.9 Å². The number of hydrogen-bond donors (Lipinski definition) is 1. The van der Waals surface area contributed by atoms with E-state index in [9.17, 15) is 0 Å². The van der Waals surface area contributed by atoms with Gasteiger partial charge in [0.2, 0.25) is 0 Å². The highest BCUT2D eigenvalue weighted by molar-refractivity contribution is 5.17. The number of aryl methyl sites for hydroxylation is 1. The zero-order chi connectivity index (χ0) is 10.4. The minimum absolute atomic E-state index is 0.955. The molecule has 3 nitrogen and oxygen atoms in total. The molecule has 1 aromatic heterocycles. The molecule has 0 unspecified atom stereocenters. The van der Waals surface area contributed by atoms with E-state index in [1.54, 1.807) is 0 Å². The molecular weight excluding hydrogens is 174 g/mol. The van der Waals surface area contributed by atoms with Gasteiger partial charge in [0.15, 0.2) is 0 Å². The van der Waals surface area contributed by atoms with E-state index in [-0.39, 0.29) is 0 Å². The highest BCUT2D eigenvalue weighted by Gasteiger charge is 2.06. The molecule has 1 heterocycles. The van der Waals surface area contributed by atoms with Crippen LogP contribution in [0.2, 0.25) is 0 Å². The Hall–Kier alpha value is -0.830. The van der Waals surface area contributed by atoms with E-state index >= 15 is 0 Å². The Balaban J connectivity index is 2.56. The van der Waals surface area contributed by atoms with Crippen LogP contribution in [-0.4, -0.2) is 16.3 Å². The predicted molar refractivity (Wildman–Crippen MR) is 59.2 cm³/mol. The van der Waals surface area contributed by atoms with E-state index < -0.39 is 0 Å². The number of aromatic nitrogens is 2. The van der Waals surface area contributed by atoms with Gasteiger partial charge in [-0.1, -0.05) is 20.3 Å². The maximum absolute atomic E-state index is 4.29. The Kier molecular flexibility index (Phi) is 4.66. The molecule has 0 aliphatic carbocycles. The molecule has 80 valence electrons. The first-order valence-electron chi connectivity index (χ1n) is 5.50. The van der Waals surface area contributed by atoms with Gasteiger partial charge in [-0.2, -0.15) is 5.10 Å². The number of rotatable bonds is 6. The fourth-order valence-electron chi connectivity index (χ4n) is 1.61. The molecule has 1 N–H and O–H groups in total. The molecule has 0 amide bonds. The second-order valence-electron chi connectivity index (χ2n) is 3.67. The largest absolute Gasteiger partial charge is 0.313 e. The van der Waals surface area contributed by atoms with Crippen LogP contribution in [-0.2, 0) is 20.0 Å². The van der Waals surface area contributed by atoms with Crippen LogP contribution in [0.4, 0.5) is 0 Å². The van der Waals surface area contributed by atoms with Crippen molar-refractivity contribution in [2.45, 2.75) is 39.7 Å². The van der Waals surface area contributed by atoms with Gasteiger partial charge < -0.3 is 5.32 Å². The molecule has 0 saturated carbocycles. The Morgan fingerprint density at radius 2 is 2.14 bits per heavy atom. The van der Waals surface area contributed by atoms with Gasteiger partial charge in [-0.15, -0.1) is 0 Å². The summed E-state index contributed by atoms with van der Waals surface area (Å²) in [6.07, 6.45) is 5.47. The molecule has 0 atom stereocenters. The topological polar surface area (TPSA) is 29.9 Å². The van der Waals surface area contributed by atoms with E-state index in [1.807, 2.05) is 17.9 Å². The lowest BCUT2D eigenvalue weighted by Crippen LogP contribution is -2.15. The molecule has 0 saturated heterocycles. The smallest absolute Gasteiger partial charge is 0.0537 e. The molecule has 14 heavy (non-hydrogen) atoms. The van der Waals surface area contributed by atoms with Crippen molar-refractivity contribution in [3.63, 3.8) is 0 Å². The number of nitrogens with zero attached hydrogens (tertiary/aromatic N) is 2. The first kappa shape index (κ1) is 11.2. The van der Waals surface area contributed by atoms with Gasteiger partial charge in [0.25, 0.3) is 0 Å². The van der Waals surface area contributed by atoms with E-state index in [0.717, 1.165) is 19.5 Å². The van der Waals surface area contributed by atoms with Crippen LogP contribution in [0.3, 0.4) is 0 Å². The normalized spacial score (nSPS) is 10.8. The Morgan fingerprint density at radius 3 is 2.79 bits per heavy atom. The summed E-state index contributed by atoms with van der Waals surface area (Å²) in [5.41, 5.74) is 2.72. The molecule has 0 bridgehead atoms. The Morgan fingerprint density at radius 1 is 1.36 bits per heavy atom. The quantitative estimate of drug-likeness (QED) is 0.702. The van der Waals surface area contributed by atoms with Crippen molar-refractivity contribution in [2.24, 2.45) is 7.05 Å². The lowest BCUT2D eigenvalue weighted by Gasteiger charge is -2.05. The predicted octanol–water partition coefficient (Wildman–Crippen LogP) is 1.87. The molecule has 0 aliphatic rings. The van der Waals surface area contributed by atoms with Gasteiger partial charge >= 0.3 is 0 Å². The fourth-order valence-corrected chi connectivity index (χ4v) is 1.61. The Labute approximate surface area is 86.5 Å². The molecule has 0 aromatic carbocycles. The molecular formula is C11H21N3. The van der Waals surface area contributed by atoms with E-state index in [1.165, 1.54) is 24.1 Å². The van der Waals surface area contributed by atoms with Crippen molar-refractivity contribution in [1.29, 1.82) is 0 Å². The van der Waals surface area contributed by atoms with Crippen molar-refractivity contribution < 1.29 is 0 Å². The first-order chi connectivity index (χ1) is 6.79. The van der Waals surface area contributed by atoms with Crippen molar-refractivity contribution in [3.05, 3.63) is 17.5 Å². The summed E-state index contributed by atoms with van der Waals surface area (Å²) in [6.45, 7) is 6.43. The summed E-state index contributed by atoms with van der Waals surface area (Å²) in [6, 6.07) is 0. The maximum Gasteiger partial charge on any atom is 0.0537 e. The van der Waals surface area contributed by atoms with Crippen molar-refractivity contribution >= 4 is 0 Å². The molecule has 0 fully saturated rings. The summed E-state index contributed by atoms with van der Waals surface area (Å²) in [4.78, 5) is 0. The van der Waals surface area contributed by atoms with Gasteiger partial charge in [-0.05, 0) is 19.4 Å². The fraction of sp³-hybridized carbons (Fsp3) is 0.727. The number of hydrogen-bond acceptors (Lipinski definition) is 2. The zero-order valence-electron chi connectivity index (χ0n) is 9.51. The van der Waals surface area contributed by atoms with E-state index in [0.29, 0.717) is 0 Å². The summed E-state index contributed by atoms with van der Waals surface area (Å²) >= 11 is 0. The lowest BCUT2D eigenvalue weighted by atomic mass is 10.1. The summed E-state index contributed by atoms with van der Waals surface area (Å²) in [7, 11) is 2.02. The number of nitrogens with one attached hydrogen (secondary N) is 1. The van der Waals surface area contributed by atoms with Crippen LogP contribution >= 0.6 is 0 Å². The van der Waals surface area contributed by atoms with E-state index in [4.69, 9.17) is 0 Å². The van der Waals surface area contributed by atoms with Crippen molar-refractivity contribution in [1.82, 2.24) is 15.1 Å². The van der Waals surface area contributed by atoms with Crippen molar-refractivity contribution in [3.8, 4) is 0 Å². The third-order valence-corrected chi connectivity index (χ3v) is 2.38.